The second-order valence-electron chi connectivity index (χ2n) is 26.9. The molecule has 0 radical (unpaired) electrons. The molecule has 4 aromatic rings. The number of hydrogen-bond donors (Lipinski definition) is 8. The first kappa shape index (κ1) is 74.8. The fourth-order valence-electron chi connectivity index (χ4n) is 14.5. The van der Waals surface area contributed by atoms with Crippen molar-refractivity contribution in [3.63, 3.8) is 0 Å². The van der Waals surface area contributed by atoms with Gasteiger partial charge in [-0.2, -0.15) is 0 Å². The topological polar surface area (TPSA) is 365 Å². The van der Waals surface area contributed by atoms with E-state index in [1.54, 1.807) is 113 Å². The van der Waals surface area contributed by atoms with Crippen molar-refractivity contribution in [2.24, 2.45) is 45.5 Å². The number of nitrogens with one attached hydrogen (secondary N) is 4. The summed E-state index contributed by atoms with van der Waals surface area (Å²) >= 11 is 5.78. The Morgan fingerprint density at radius 2 is 1.44 bits per heavy atom. The van der Waals surface area contributed by atoms with Gasteiger partial charge in [-0.1, -0.05) is 112 Å². The van der Waals surface area contributed by atoms with Crippen LogP contribution in [0.4, 0.5) is 4.39 Å². The maximum atomic E-state index is 15.5. The van der Waals surface area contributed by atoms with Gasteiger partial charge in [-0.25, -0.2) is 14.0 Å². The zero-order chi connectivity index (χ0) is 71.6. The fraction of sp³-hybridized carbons (Fsp3) is 0.466. The molecule has 25 heteroatoms. The summed E-state index contributed by atoms with van der Waals surface area (Å²) in [5, 5.41) is 36.7. The molecule has 2 saturated carbocycles. The summed E-state index contributed by atoms with van der Waals surface area (Å²) in [6.07, 6.45) is -6.34. The summed E-state index contributed by atoms with van der Waals surface area (Å²) in [4.78, 5) is 150. The first-order chi connectivity index (χ1) is 46.3. The maximum absolute atomic E-state index is 15.5. The highest BCUT2D eigenvalue weighted by Gasteiger charge is 2.75. The number of rotatable bonds is 29. The van der Waals surface area contributed by atoms with Gasteiger partial charge >= 0.3 is 17.9 Å². The molecule has 3 fully saturated rings. The van der Waals surface area contributed by atoms with Gasteiger partial charge in [-0.15, -0.1) is 0 Å². The predicted molar refractivity (Wildman–Crippen MR) is 356 cm³/mol. The highest BCUT2D eigenvalue weighted by atomic mass is 35.5. The highest BCUT2D eigenvalue weighted by molar-refractivity contribution is 6.30. The van der Waals surface area contributed by atoms with E-state index in [0.29, 0.717) is 16.7 Å². The molecular formula is C73H86ClFN6O17. The number of carbonyl (C=O) groups is 11. The molecule has 0 aromatic heterocycles. The molecule has 4 aliphatic rings. The minimum atomic E-state index is -2.17. The van der Waals surface area contributed by atoms with Crippen LogP contribution in [0.25, 0.3) is 6.08 Å². The van der Waals surface area contributed by atoms with E-state index in [-0.39, 0.29) is 79.2 Å². The van der Waals surface area contributed by atoms with Crippen LogP contribution in [0.3, 0.4) is 0 Å². The molecule has 98 heavy (non-hydrogen) atoms. The van der Waals surface area contributed by atoms with Gasteiger partial charge < -0.3 is 61.9 Å². The van der Waals surface area contributed by atoms with Crippen LogP contribution in [0.15, 0.2) is 126 Å². The van der Waals surface area contributed by atoms with E-state index in [9.17, 15) is 57.8 Å². The number of esters is 3. The summed E-state index contributed by atoms with van der Waals surface area (Å²) < 4.78 is 39.3. The van der Waals surface area contributed by atoms with Crippen molar-refractivity contribution in [3.05, 3.63) is 160 Å². The Balaban J connectivity index is 0.929. The Morgan fingerprint density at radius 3 is 2.05 bits per heavy atom. The normalized spacial score (nSPS) is 25.3. The highest BCUT2D eigenvalue weighted by Crippen LogP contribution is 2.66. The van der Waals surface area contributed by atoms with E-state index < -0.39 is 179 Å². The lowest BCUT2D eigenvalue weighted by molar-refractivity contribution is -0.312. The molecule has 8 rings (SSSR count). The van der Waals surface area contributed by atoms with Gasteiger partial charge in [0.1, 0.15) is 41.5 Å². The van der Waals surface area contributed by atoms with Crippen molar-refractivity contribution in [1.29, 1.82) is 0 Å². The maximum Gasteiger partial charge on any atom is 0.350 e. The number of nitrogens with two attached hydrogens (primary N) is 2. The number of fused-ring (bicyclic) bond motifs is 5. The standard InChI is InChI=1S/C73H86ClFN6O17/c1-40-52(38-73(94)64(98-68(92)46-23-15-10-16-24-46)62-71(6)39-95-54(71)37-53(83)72(62,7)63(88)41(2)59(40)70(73,4)5)96-69(93)61(60(44-19-11-8-12-20-44)81-67(91)45-21-13-9-14-22-45)97-58(87)33-32-55(84)78-34-18-17-25-50(66(77)90)80-57(86)31-28-47(65(76)89)35-51(82)42(3)79-56(85)30-27-43-26-29-48(74)36-49(43)75/h8-16,19-24,26-27,29-30,36,41-42,47,50,52-54,60-62,64,83,94H,17-18,25,28,31-35,37-39H2,1-7H3,(H2,76,89)(H2,77,90)(H,78,84)(H,79,85)(H,80,86)(H,81,91)/b30-27+/t41-,42?,47-,50?,52+,53+,54-,60-,61-,62-,64+,71-,72-,73-/m1/s1. The number of halogens is 2. The minimum Gasteiger partial charge on any atom is -0.455 e. The number of amides is 6. The van der Waals surface area contributed by atoms with Crippen LogP contribution >= 0.6 is 11.6 Å². The number of aliphatic hydroxyl groups excluding tert-OH is 1. The lowest BCUT2D eigenvalue weighted by atomic mass is 9.41. The van der Waals surface area contributed by atoms with Crippen LogP contribution in [-0.2, 0) is 62.1 Å². The van der Waals surface area contributed by atoms with Crippen molar-refractivity contribution in [3.8, 4) is 0 Å². The van der Waals surface area contributed by atoms with Gasteiger partial charge in [0.2, 0.25) is 35.6 Å². The summed E-state index contributed by atoms with van der Waals surface area (Å²) in [6, 6.07) is 24.5. The number of aliphatic hydroxyl groups is 2. The van der Waals surface area contributed by atoms with Crippen LogP contribution in [0, 0.1) is 39.8 Å². The molecule has 1 saturated heterocycles. The number of hydrogen-bond acceptors (Lipinski definition) is 17. The molecule has 4 aromatic carbocycles. The molecule has 1 heterocycles. The first-order valence-electron chi connectivity index (χ1n) is 32.8. The molecule has 10 N–H and O–H groups in total. The number of ether oxygens (including phenoxy) is 4. The number of ketones is 2. The van der Waals surface area contributed by atoms with Gasteiger partial charge in [0, 0.05) is 89.5 Å². The van der Waals surface area contributed by atoms with E-state index in [1.807, 2.05) is 6.92 Å². The van der Waals surface area contributed by atoms with Gasteiger partial charge in [-0.3, -0.25) is 43.2 Å². The summed E-state index contributed by atoms with van der Waals surface area (Å²) in [5.41, 5.74) is 6.55. The Kier molecular flexibility index (Phi) is 24.2. The lowest BCUT2D eigenvalue weighted by Crippen LogP contribution is -2.77. The Bertz CT molecular complexity index is 3740. The van der Waals surface area contributed by atoms with Crippen molar-refractivity contribution >= 4 is 82.6 Å². The molecule has 14 atom stereocenters. The zero-order valence-corrected chi connectivity index (χ0v) is 56.6. The molecule has 2 unspecified atom stereocenters. The van der Waals surface area contributed by atoms with Crippen molar-refractivity contribution in [2.45, 2.75) is 167 Å². The third-order valence-electron chi connectivity index (χ3n) is 20.1. The molecule has 3 aliphatic carbocycles. The molecule has 0 spiro atoms. The van der Waals surface area contributed by atoms with E-state index in [1.165, 1.54) is 37.3 Å². The smallest absolute Gasteiger partial charge is 0.350 e. The predicted octanol–water partition coefficient (Wildman–Crippen LogP) is 6.58. The molecule has 524 valence electrons. The first-order valence-corrected chi connectivity index (χ1v) is 33.1. The van der Waals surface area contributed by atoms with Crippen molar-refractivity contribution < 1.29 is 86.3 Å². The summed E-state index contributed by atoms with van der Waals surface area (Å²) in [7, 11) is 0. The number of primary amides is 2. The molecule has 2 bridgehead atoms. The second-order valence-corrected chi connectivity index (χ2v) is 27.4. The third-order valence-corrected chi connectivity index (χ3v) is 20.4. The monoisotopic (exact) mass is 1370 g/mol. The largest absolute Gasteiger partial charge is 0.455 e. The lowest BCUT2D eigenvalue weighted by Gasteiger charge is -2.68. The Labute approximate surface area is 572 Å². The Morgan fingerprint density at radius 1 is 0.796 bits per heavy atom. The molecule has 1 aliphatic heterocycles. The summed E-state index contributed by atoms with van der Waals surface area (Å²) in [6.45, 7) is 11.9. The van der Waals surface area contributed by atoms with Gasteiger partial charge in [0.15, 0.2) is 5.78 Å². The average molecular weight is 1370 g/mol. The van der Waals surface area contributed by atoms with Crippen LogP contribution in [0.1, 0.15) is 151 Å². The number of carbonyl (C=O) groups excluding carboxylic acids is 11. The number of Topliss-reactive ketones (excluding diaryl/α,β-unsaturated/α-hetero) is 2. The van der Waals surface area contributed by atoms with Gasteiger partial charge in [-0.05, 0) is 106 Å². The van der Waals surface area contributed by atoms with E-state index in [2.05, 4.69) is 21.3 Å². The fourth-order valence-corrected chi connectivity index (χ4v) is 14.7. The molecule has 23 nitrogen and oxygen atoms in total. The van der Waals surface area contributed by atoms with Gasteiger partial charge in [0.05, 0.1) is 42.3 Å². The van der Waals surface area contributed by atoms with E-state index in [0.717, 1.165) is 12.1 Å². The van der Waals surface area contributed by atoms with Crippen molar-refractivity contribution in [1.82, 2.24) is 21.3 Å². The Hall–Kier alpha value is -8.97. The van der Waals surface area contributed by atoms with Crippen LogP contribution < -0.4 is 32.7 Å². The number of benzene rings is 4. The van der Waals surface area contributed by atoms with Crippen molar-refractivity contribution in [2.75, 3.05) is 13.2 Å². The second kappa shape index (κ2) is 31.7. The van der Waals surface area contributed by atoms with Gasteiger partial charge in [0.25, 0.3) is 5.91 Å². The van der Waals surface area contributed by atoms with Crippen LogP contribution in [0.2, 0.25) is 5.02 Å². The zero-order valence-electron chi connectivity index (χ0n) is 55.8. The number of unbranched alkanes of at least 4 members (excludes halogenated alkanes) is 1. The quantitative estimate of drug-likeness (QED) is 0.00935. The van der Waals surface area contributed by atoms with E-state index in [4.69, 9.17) is 42.0 Å². The SMILES string of the molecule is CC1=C2[C@@H](C)C(=O)[C@@]3(C)[C@H]([C@H](OC(=O)c4ccccc4)[C@](O)(C[C@@H]1OC(=O)[C@H](OC(=O)CCC(=O)NCCCCC(NC(=O)CC[C@H](CC(=O)C(C)NC(=O)/C=C/c1ccc(Cl)cc1F)C(N)=O)C(N)=O)[C@H](NC(=O)c1ccccc1)c1ccccc1)C2(C)C)[C@]1(C)CO[C@@H]1C[C@@H]3O. The average Bonchev–Trinajstić information content (AvgIpc) is 0.674. The van der Waals surface area contributed by atoms with Crippen LogP contribution in [0.5, 0.6) is 0 Å². The van der Waals surface area contributed by atoms with E-state index >= 15 is 9.59 Å². The molecule has 6 amide bonds. The minimum absolute atomic E-state index is 0.0333. The van der Waals surface area contributed by atoms with Crippen LogP contribution in [-0.4, -0.2) is 136 Å². The third kappa shape index (κ3) is 16.6. The summed E-state index contributed by atoms with van der Waals surface area (Å²) in [5.74, 6) is -12.3. The molecular weight excluding hydrogens is 1290 g/mol.